The van der Waals surface area contributed by atoms with Crippen molar-refractivity contribution in [2.45, 2.75) is 31.1 Å². The van der Waals surface area contributed by atoms with Gasteiger partial charge in [-0.25, -0.2) is 0 Å². The van der Waals surface area contributed by atoms with Crippen LogP contribution in [0.2, 0.25) is 0 Å². The number of phenols is 1. The van der Waals surface area contributed by atoms with E-state index in [4.69, 9.17) is 18.9 Å². The summed E-state index contributed by atoms with van der Waals surface area (Å²) in [6.45, 7) is 0. The minimum absolute atomic E-state index is 0.0262. The highest BCUT2D eigenvalue weighted by Crippen LogP contribution is 2.46. The lowest BCUT2D eigenvalue weighted by molar-refractivity contribution is -0.122. The third-order valence-corrected chi connectivity index (χ3v) is 6.30. The average molecular weight is 453 g/mol. The summed E-state index contributed by atoms with van der Waals surface area (Å²) in [6, 6.07) is 8.67. The second kappa shape index (κ2) is 9.05. The molecular weight excluding hydrogens is 426 g/mol. The molecule has 0 saturated carbocycles. The van der Waals surface area contributed by atoms with Crippen LogP contribution in [0.25, 0.3) is 0 Å². The van der Waals surface area contributed by atoms with Gasteiger partial charge in [-0.1, -0.05) is 6.07 Å². The average Bonchev–Trinajstić information content (AvgIpc) is 2.81. The minimum atomic E-state index is -0.418. The SMILES string of the molecule is COc1ccc(C2CC(=O)NC3=C2C(=O)CC(c2cc(OC)c(OC)c(OC)c2)C3)cc1O. The third kappa shape index (κ3) is 4.08. The van der Waals surface area contributed by atoms with E-state index in [0.29, 0.717) is 46.3 Å². The number of nitrogens with one attached hydrogen (secondary N) is 1. The van der Waals surface area contributed by atoms with Crippen molar-refractivity contribution in [1.82, 2.24) is 5.32 Å². The number of carbonyl (C=O) groups excluding carboxylic acids is 2. The van der Waals surface area contributed by atoms with Gasteiger partial charge < -0.3 is 29.4 Å². The van der Waals surface area contributed by atoms with E-state index >= 15 is 0 Å². The number of ketones is 1. The van der Waals surface area contributed by atoms with Gasteiger partial charge in [0.2, 0.25) is 11.7 Å². The fourth-order valence-corrected chi connectivity index (χ4v) is 4.74. The zero-order valence-corrected chi connectivity index (χ0v) is 19.1. The standard InChI is InChI=1S/C25H27NO7/c1-30-20-6-5-13(8-18(20)27)16-12-23(29)26-17-7-14(9-19(28)24(16)17)15-10-21(31-2)25(33-4)22(11-15)32-3/h5-6,8,10-11,14,16,27H,7,9,12H2,1-4H3,(H,26,29). The fourth-order valence-electron chi connectivity index (χ4n) is 4.74. The Labute approximate surface area is 192 Å². The van der Waals surface area contributed by atoms with Gasteiger partial charge in [0.05, 0.1) is 28.4 Å². The molecule has 0 saturated heterocycles. The molecule has 2 unspecified atom stereocenters. The first-order valence-electron chi connectivity index (χ1n) is 10.6. The molecule has 4 rings (SSSR count). The van der Waals surface area contributed by atoms with E-state index in [2.05, 4.69) is 5.32 Å². The largest absolute Gasteiger partial charge is 0.504 e. The fraction of sp³-hybridized carbons (Fsp3) is 0.360. The lowest BCUT2D eigenvalue weighted by atomic mass is 9.73. The maximum absolute atomic E-state index is 13.4. The van der Waals surface area contributed by atoms with Gasteiger partial charge in [-0.3, -0.25) is 9.59 Å². The Balaban J connectivity index is 1.72. The summed E-state index contributed by atoms with van der Waals surface area (Å²) in [7, 11) is 6.10. The first-order valence-corrected chi connectivity index (χ1v) is 10.6. The molecule has 2 aliphatic rings. The van der Waals surface area contributed by atoms with E-state index in [1.165, 1.54) is 14.2 Å². The Kier molecular flexibility index (Phi) is 6.18. The molecule has 0 radical (unpaired) electrons. The van der Waals surface area contributed by atoms with Crippen molar-refractivity contribution >= 4 is 11.7 Å². The van der Waals surface area contributed by atoms with Crippen LogP contribution in [-0.2, 0) is 9.59 Å². The second-order valence-electron chi connectivity index (χ2n) is 8.12. The van der Waals surface area contributed by atoms with Crippen LogP contribution < -0.4 is 24.3 Å². The predicted molar refractivity (Wildman–Crippen MR) is 120 cm³/mol. The van der Waals surface area contributed by atoms with E-state index in [1.807, 2.05) is 12.1 Å². The highest BCUT2D eigenvalue weighted by atomic mass is 16.5. The van der Waals surface area contributed by atoms with Crippen LogP contribution in [0.1, 0.15) is 42.2 Å². The quantitative estimate of drug-likeness (QED) is 0.691. The Morgan fingerprint density at radius 1 is 0.818 bits per heavy atom. The predicted octanol–water partition coefficient (Wildman–Crippen LogP) is 3.43. The number of hydrogen-bond acceptors (Lipinski definition) is 7. The summed E-state index contributed by atoms with van der Waals surface area (Å²) in [5.74, 6) is 1.05. The van der Waals surface area contributed by atoms with Crippen LogP contribution in [-0.4, -0.2) is 45.2 Å². The van der Waals surface area contributed by atoms with Crippen LogP contribution >= 0.6 is 0 Å². The van der Waals surface area contributed by atoms with Gasteiger partial charge in [-0.05, 0) is 47.7 Å². The van der Waals surface area contributed by atoms with Crippen LogP contribution in [0, 0.1) is 0 Å². The number of rotatable bonds is 6. The molecule has 1 aliphatic carbocycles. The number of methoxy groups -OCH3 is 4. The molecule has 0 fully saturated rings. The number of benzene rings is 2. The van der Waals surface area contributed by atoms with E-state index in [1.54, 1.807) is 32.4 Å². The smallest absolute Gasteiger partial charge is 0.225 e. The number of aromatic hydroxyl groups is 1. The van der Waals surface area contributed by atoms with E-state index in [-0.39, 0.29) is 36.2 Å². The second-order valence-corrected chi connectivity index (χ2v) is 8.12. The van der Waals surface area contributed by atoms with Crippen molar-refractivity contribution in [2.24, 2.45) is 0 Å². The van der Waals surface area contributed by atoms with Crippen LogP contribution in [0.3, 0.4) is 0 Å². The molecule has 0 bridgehead atoms. The van der Waals surface area contributed by atoms with Crippen molar-refractivity contribution in [3.05, 3.63) is 52.7 Å². The van der Waals surface area contributed by atoms with E-state index in [9.17, 15) is 14.7 Å². The molecule has 2 aromatic rings. The molecule has 8 nitrogen and oxygen atoms in total. The lowest BCUT2D eigenvalue weighted by Gasteiger charge is -2.34. The number of amides is 1. The van der Waals surface area contributed by atoms with Crippen molar-refractivity contribution in [3.63, 3.8) is 0 Å². The number of Topliss-reactive ketones (excluding diaryl/α,β-unsaturated/α-hetero) is 1. The molecule has 0 aromatic heterocycles. The molecule has 1 heterocycles. The molecule has 2 N–H and O–H groups in total. The molecule has 0 spiro atoms. The van der Waals surface area contributed by atoms with Gasteiger partial charge >= 0.3 is 0 Å². The molecule has 8 heteroatoms. The molecule has 1 aliphatic heterocycles. The Bertz CT molecular complexity index is 1110. The first-order chi connectivity index (χ1) is 15.9. The Morgan fingerprint density at radius 3 is 2.06 bits per heavy atom. The topological polar surface area (TPSA) is 103 Å². The minimum Gasteiger partial charge on any atom is -0.504 e. The van der Waals surface area contributed by atoms with Crippen molar-refractivity contribution in [3.8, 4) is 28.7 Å². The van der Waals surface area contributed by atoms with Crippen molar-refractivity contribution < 1.29 is 33.6 Å². The Hall–Kier alpha value is -3.68. The molecular formula is C25H27NO7. The van der Waals surface area contributed by atoms with Crippen molar-refractivity contribution in [2.75, 3.05) is 28.4 Å². The normalized spacial score (nSPS) is 20.1. The number of ether oxygens (including phenoxy) is 4. The highest BCUT2D eigenvalue weighted by Gasteiger charge is 2.38. The first kappa shape index (κ1) is 22.5. The number of hydrogen-bond donors (Lipinski definition) is 2. The van der Waals surface area contributed by atoms with Crippen LogP contribution in [0.4, 0.5) is 0 Å². The summed E-state index contributed by atoms with van der Waals surface area (Å²) >= 11 is 0. The zero-order valence-electron chi connectivity index (χ0n) is 19.1. The summed E-state index contributed by atoms with van der Waals surface area (Å²) in [6.07, 6.45) is 0.918. The van der Waals surface area contributed by atoms with Gasteiger partial charge in [-0.15, -0.1) is 0 Å². The molecule has 33 heavy (non-hydrogen) atoms. The van der Waals surface area contributed by atoms with Gasteiger partial charge in [0.15, 0.2) is 28.8 Å². The Morgan fingerprint density at radius 2 is 1.48 bits per heavy atom. The van der Waals surface area contributed by atoms with Crippen molar-refractivity contribution in [1.29, 1.82) is 0 Å². The van der Waals surface area contributed by atoms with Crippen LogP contribution in [0.15, 0.2) is 41.6 Å². The monoisotopic (exact) mass is 453 g/mol. The number of allylic oxidation sites excluding steroid dienone is 2. The zero-order chi connectivity index (χ0) is 23.7. The highest BCUT2D eigenvalue weighted by molar-refractivity contribution is 6.02. The van der Waals surface area contributed by atoms with E-state index in [0.717, 1.165) is 5.56 Å². The molecule has 2 aromatic carbocycles. The molecule has 2 atom stereocenters. The number of phenolic OH excluding ortho intramolecular Hbond substituents is 1. The van der Waals surface area contributed by atoms with E-state index < -0.39 is 5.92 Å². The van der Waals surface area contributed by atoms with Gasteiger partial charge in [0, 0.05) is 30.0 Å². The number of carbonyl (C=O) groups is 2. The third-order valence-electron chi connectivity index (χ3n) is 6.30. The summed E-state index contributed by atoms with van der Waals surface area (Å²) in [4.78, 5) is 25.9. The summed E-state index contributed by atoms with van der Waals surface area (Å²) in [5.41, 5.74) is 2.79. The summed E-state index contributed by atoms with van der Waals surface area (Å²) in [5, 5.41) is 13.1. The van der Waals surface area contributed by atoms with Gasteiger partial charge in [0.25, 0.3) is 0 Å². The summed E-state index contributed by atoms with van der Waals surface area (Å²) < 4.78 is 21.4. The van der Waals surface area contributed by atoms with Gasteiger partial charge in [-0.2, -0.15) is 0 Å². The van der Waals surface area contributed by atoms with Crippen LogP contribution in [0.5, 0.6) is 28.7 Å². The van der Waals surface area contributed by atoms with Gasteiger partial charge in [0.1, 0.15) is 0 Å². The maximum Gasteiger partial charge on any atom is 0.225 e. The molecule has 174 valence electrons. The molecule has 1 amide bonds. The lowest BCUT2D eigenvalue weighted by Crippen LogP contribution is -2.38. The maximum atomic E-state index is 13.4.